The number of aromatic hydroxyl groups is 1. The van der Waals surface area contributed by atoms with Crippen LogP contribution in [0.2, 0.25) is 0 Å². The third-order valence-corrected chi connectivity index (χ3v) is 7.33. The first kappa shape index (κ1) is 23.3. The summed E-state index contributed by atoms with van der Waals surface area (Å²) in [6, 6.07) is 7.05. The minimum Gasteiger partial charge on any atom is -0.507 e. The van der Waals surface area contributed by atoms with Crippen molar-refractivity contribution in [2.75, 3.05) is 18.8 Å². The lowest BCUT2D eigenvalue weighted by atomic mass is 9.82. The Labute approximate surface area is 213 Å². The van der Waals surface area contributed by atoms with E-state index in [1.54, 1.807) is 22.6 Å². The van der Waals surface area contributed by atoms with Crippen molar-refractivity contribution in [3.8, 4) is 28.3 Å². The smallest absolute Gasteiger partial charge is 0.407 e. The molecule has 0 unspecified atom stereocenters. The molecule has 0 spiro atoms. The third-order valence-electron chi connectivity index (χ3n) is 7.33. The molecular weight excluding hydrogens is 474 g/mol. The van der Waals surface area contributed by atoms with Crippen LogP contribution in [0.3, 0.4) is 0 Å². The number of para-hydroxylation sites is 1. The molecular formula is C26H29N7O4. The number of nitrogens with two attached hydrogens (primary N) is 1. The molecule has 37 heavy (non-hydrogen) atoms. The Morgan fingerprint density at radius 1 is 1.03 bits per heavy atom. The van der Waals surface area contributed by atoms with E-state index in [1.165, 1.54) is 4.90 Å². The second-order valence-electron chi connectivity index (χ2n) is 9.91. The van der Waals surface area contributed by atoms with E-state index >= 15 is 0 Å². The number of hydrogen-bond donors (Lipinski definition) is 3. The summed E-state index contributed by atoms with van der Waals surface area (Å²) in [4.78, 5) is 26.0. The monoisotopic (exact) mass is 503 g/mol. The minimum absolute atomic E-state index is 0.154. The zero-order valence-corrected chi connectivity index (χ0v) is 20.3. The molecule has 1 aromatic carbocycles. The summed E-state index contributed by atoms with van der Waals surface area (Å²) in [5.74, 6) is 1.47. The molecule has 2 aliphatic rings. The second-order valence-corrected chi connectivity index (χ2v) is 9.91. The standard InChI is InChI=1S/C26H29N7O4/c27-24-20(12-33-14-22(29-25(33)30-24)19-3-1-2-4-23(19)34)21-13-31(15-28-21)11-16-9-18(10-16)37-17-5-7-32(8-6-17)26(35)36/h1-4,12-18,34H,5-11H2,(H,35,36)(H2,27,29,30). The van der Waals surface area contributed by atoms with E-state index < -0.39 is 6.09 Å². The number of carbonyl (C=O) groups is 1. The van der Waals surface area contributed by atoms with Gasteiger partial charge in [-0.05, 0) is 43.7 Å². The number of phenolic OH excluding ortho intramolecular Hbond substituents is 1. The van der Waals surface area contributed by atoms with Gasteiger partial charge in [0.2, 0.25) is 5.78 Å². The maximum atomic E-state index is 11.1. The van der Waals surface area contributed by atoms with Crippen LogP contribution in [-0.4, -0.2) is 70.4 Å². The summed E-state index contributed by atoms with van der Waals surface area (Å²) in [5, 5.41) is 19.2. The van der Waals surface area contributed by atoms with Crippen LogP contribution in [0.1, 0.15) is 25.7 Å². The normalized spacial score (nSPS) is 20.3. The fourth-order valence-electron chi connectivity index (χ4n) is 5.24. The Morgan fingerprint density at radius 3 is 2.57 bits per heavy atom. The van der Waals surface area contributed by atoms with E-state index in [9.17, 15) is 9.90 Å². The molecule has 2 fully saturated rings. The van der Waals surface area contributed by atoms with E-state index in [-0.39, 0.29) is 18.0 Å². The first-order valence-corrected chi connectivity index (χ1v) is 12.5. The molecule has 4 heterocycles. The summed E-state index contributed by atoms with van der Waals surface area (Å²) < 4.78 is 10.1. The Balaban J connectivity index is 1.08. The molecule has 192 valence electrons. The minimum atomic E-state index is -0.846. The van der Waals surface area contributed by atoms with Gasteiger partial charge >= 0.3 is 6.09 Å². The highest BCUT2D eigenvalue weighted by molar-refractivity contribution is 5.73. The maximum absolute atomic E-state index is 11.1. The number of aromatic nitrogens is 5. The number of benzene rings is 1. The van der Waals surface area contributed by atoms with E-state index in [4.69, 9.17) is 15.6 Å². The lowest BCUT2D eigenvalue weighted by molar-refractivity contribution is -0.0940. The maximum Gasteiger partial charge on any atom is 0.407 e. The number of rotatable bonds is 6. The summed E-state index contributed by atoms with van der Waals surface area (Å²) in [7, 11) is 0. The van der Waals surface area contributed by atoms with Gasteiger partial charge < -0.3 is 30.2 Å². The predicted octanol–water partition coefficient (Wildman–Crippen LogP) is 3.49. The second kappa shape index (κ2) is 9.40. The van der Waals surface area contributed by atoms with E-state index in [2.05, 4.69) is 19.5 Å². The van der Waals surface area contributed by atoms with E-state index in [1.807, 2.05) is 31.0 Å². The van der Waals surface area contributed by atoms with Gasteiger partial charge in [0.05, 0.1) is 35.5 Å². The molecule has 1 amide bonds. The van der Waals surface area contributed by atoms with Crippen LogP contribution in [0, 0.1) is 5.92 Å². The molecule has 0 bridgehead atoms. The van der Waals surface area contributed by atoms with Crippen LogP contribution in [0.4, 0.5) is 10.6 Å². The molecule has 1 aliphatic carbocycles. The summed E-state index contributed by atoms with van der Waals surface area (Å²) in [6.45, 7) is 1.95. The number of imidazole rings is 2. The molecule has 1 saturated carbocycles. The van der Waals surface area contributed by atoms with Crippen LogP contribution in [-0.2, 0) is 11.3 Å². The quantitative estimate of drug-likeness (QED) is 0.363. The average Bonchev–Trinajstić information content (AvgIpc) is 3.49. The van der Waals surface area contributed by atoms with Crippen molar-refractivity contribution >= 4 is 17.7 Å². The van der Waals surface area contributed by atoms with Crippen LogP contribution < -0.4 is 5.73 Å². The van der Waals surface area contributed by atoms with Gasteiger partial charge in [-0.25, -0.2) is 14.8 Å². The Hall–Kier alpha value is -4.12. The first-order valence-electron chi connectivity index (χ1n) is 12.5. The topological polar surface area (TPSA) is 144 Å². The molecule has 1 aliphatic heterocycles. The van der Waals surface area contributed by atoms with Crippen LogP contribution in [0.15, 0.2) is 49.2 Å². The van der Waals surface area contributed by atoms with Crippen molar-refractivity contribution in [1.82, 2.24) is 28.8 Å². The summed E-state index contributed by atoms with van der Waals surface area (Å²) in [6.07, 6.45) is 10.6. The average molecular weight is 504 g/mol. The molecule has 6 rings (SSSR count). The summed E-state index contributed by atoms with van der Waals surface area (Å²) in [5.41, 5.74) is 8.96. The van der Waals surface area contributed by atoms with Crippen molar-refractivity contribution < 1.29 is 19.7 Å². The Kier molecular flexibility index (Phi) is 5.91. The van der Waals surface area contributed by atoms with Crippen LogP contribution >= 0.6 is 0 Å². The Morgan fingerprint density at radius 2 is 1.81 bits per heavy atom. The number of anilines is 1. The zero-order valence-electron chi connectivity index (χ0n) is 20.3. The van der Waals surface area contributed by atoms with Gasteiger partial charge in [-0.3, -0.25) is 4.40 Å². The predicted molar refractivity (Wildman–Crippen MR) is 136 cm³/mol. The van der Waals surface area contributed by atoms with Gasteiger partial charge in [0.1, 0.15) is 11.6 Å². The van der Waals surface area contributed by atoms with Crippen molar-refractivity contribution in [3.63, 3.8) is 0 Å². The number of ether oxygens (including phenoxy) is 1. The highest BCUT2D eigenvalue weighted by Crippen LogP contribution is 2.34. The first-order chi connectivity index (χ1) is 17.9. The summed E-state index contributed by atoms with van der Waals surface area (Å²) >= 11 is 0. The Bertz CT molecular complexity index is 1430. The third kappa shape index (κ3) is 4.69. The molecule has 11 heteroatoms. The largest absolute Gasteiger partial charge is 0.507 e. The number of nitrogens with zero attached hydrogens (tertiary/aromatic N) is 6. The number of phenols is 1. The van der Waals surface area contributed by atoms with Crippen molar-refractivity contribution in [2.24, 2.45) is 5.92 Å². The molecule has 4 aromatic rings. The van der Waals surface area contributed by atoms with Gasteiger partial charge in [0.15, 0.2) is 0 Å². The van der Waals surface area contributed by atoms with Gasteiger partial charge in [-0.1, -0.05) is 12.1 Å². The van der Waals surface area contributed by atoms with Crippen molar-refractivity contribution in [1.29, 1.82) is 0 Å². The molecule has 0 atom stereocenters. The van der Waals surface area contributed by atoms with Gasteiger partial charge in [0.25, 0.3) is 0 Å². The molecule has 11 nitrogen and oxygen atoms in total. The molecule has 1 saturated heterocycles. The van der Waals surface area contributed by atoms with E-state index in [0.717, 1.165) is 43.5 Å². The molecule has 3 aromatic heterocycles. The van der Waals surface area contributed by atoms with Crippen LogP contribution in [0.25, 0.3) is 28.3 Å². The lowest BCUT2D eigenvalue weighted by Gasteiger charge is -2.39. The highest BCUT2D eigenvalue weighted by Gasteiger charge is 2.33. The number of fused-ring (bicyclic) bond motifs is 1. The SMILES string of the molecule is Nc1nc2nc(-c3ccccc3O)cn2cc1-c1cn(CC2CC(OC3CCN(C(=O)O)CC3)C2)cn1. The van der Waals surface area contributed by atoms with Gasteiger partial charge in [-0.15, -0.1) is 0 Å². The zero-order chi connectivity index (χ0) is 25.5. The fraction of sp³-hybridized carbons (Fsp3) is 0.385. The number of piperidine rings is 1. The fourth-order valence-corrected chi connectivity index (χ4v) is 5.24. The number of amides is 1. The number of likely N-dealkylation sites (tertiary alicyclic amines) is 1. The number of nitrogen functional groups attached to an aromatic ring is 1. The van der Waals surface area contributed by atoms with Gasteiger partial charge in [0, 0.05) is 43.8 Å². The number of carboxylic acid groups (broad SMARTS) is 1. The van der Waals surface area contributed by atoms with E-state index in [0.29, 0.717) is 41.9 Å². The highest BCUT2D eigenvalue weighted by atomic mass is 16.5. The number of hydrogen-bond acceptors (Lipinski definition) is 7. The lowest BCUT2D eigenvalue weighted by Crippen LogP contribution is -2.43. The van der Waals surface area contributed by atoms with Gasteiger partial charge in [-0.2, -0.15) is 4.98 Å². The molecule has 0 radical (unpaired) electrons. The van der Waals surface area contributed by atoms with Crippen LogP contribution in [0.5, 0.6) is 5.75 Å². The molecule has 4 N–H and O–H groups in total. The van der Waals surface area contributed by atoms with Crippen molar-refractivity contribution in [3.05, 3.63) is 49.2 Å². The van der Waals surface area contributed by atoms with Crippen molar-refractivity contribution in [2.45, 2.75) is 44.4 Å².